The van der Waals surface area contributed by atoms with Crippen LogP contribution in [-0.2, 0) is 32.6 Å². The van der Waals surface area contributed by atoms with Crippen molar-refractivity contribution in [2.75, 3.05) is 24.8 Å². The van der Waals surface area contributed by atoms with Crippen LogP contribution in [0, 0.1) is 0 Å². The Morgan fingerprint density at radius 2 is 1.91 bits per heavy atom. The normalized spacial score (nSPS) is 20.0. The van der Waals surface area contributed by atoms with E-state index >= 15 is 0 Å². The molecule has 2 amide bonds. The molecule has 0 unspecified atom stereocenters. The Morgan fingerprint density at radius 1 is 1.09 bits per heavy atom. The predicted molar refractivity (Wildman–Crippen MR) is 129 cm³/mol. The van der Waals surface area contributed by atoms with E-state index in [0.29, 0.717) is 30.2 Å². The monoisotopic (exact) mass is 499 g/mol. The van der Waals surface area contributed by atoms with Crippen molar-refractivity contribution in [2.45, 2.75) is 56.5 Å². The first kappa shape index (κ1) is 23.6. The number of piperidine rings is 1. The van der Waals surface area contributed by atoms with Crippen LogP contribution in [0.4, 0.5) is 5.69 Å². The second-order valence-electron chi connectivity index (χ2n) is 9.20. The molecular formula is C25H29N3O6S. The van der Waals surface area contributed by atoms with Crippen LogP contribution in [0.15, 0.2) is 41.3 Å². The summed E-state index contributed by atoms with van der Waals surface area (Å²) in [6.45, 7) is 2.80. The number of ether oxygens (including phenoxy) is 2. The fraction of sp³-hybridized carbons (Fsp3) is 0.440. The molecule has 1 atom stereocenters. The number of hydrogen-bond donors (Lipinski definition) is 1. The van der Waals surface area contributed by atoms with Gasteiger partial charge in [-0.25, -0.2) is 8.42 Å². The summed E-state index contributed by atoms with van der Waals surface area (Å²) in [5.74, 6) is 0.854. The zero-order valence-electron chi connectivity index (χ0n) is 19.7. The largest absolute Gasteiger partial charge is 0.454 e. The van der Waals surface area contributed by atoms with Gasteiger partial charge < -0.3 is 19.7 Å². The molecule has 186 valence electrons. The maximum absolute atomic E-state index is 13.3. The van der Waals surface area contributed by atoms with Crippen molar-refractivity contribution < 1.29 is 27.5 Å². The SMILES string of the molecule is C[C@H]1CCCCN1S(=O)(=O)c1ccc2c(c1)CCC(=O)N2CC(=O)NCc1ccc2c(c1)OCO2. The van der Waals surface area contributed by atoms with Crippen molar-refractivity contribution >= 4 is 27.5 Å². The Balaban J connectivity index is 1.29. The zero-order valence-corrected chi connectivity index (χ0v) is 20.5. The third-order valence-electron chi connectivity index (χ3n) is 6.83. The molecule has 2 aromatic rings. The van der Waals surface area contributed by atoms with Crippen LogP contribution >= 0.6 is 0 Å². The number of carbonyl (C=O) groups is 2. The number of nitrogens with one attached hydrogen (secondary N) is 1. The smallest absolute Gasteiger partial charge is 0.243 e. The molecule has 3 aliphatic heterocycles. The van der Waals surface area contributed by atoms with Gasteiger partial charge in [0, 0.05) is 31.2 Å². The lowest BCUT2D eigenvalue weighted by Gasteiger charge is -2.33. The number of hydrogen-bond acceptors (Lipinski definition) is 6. The molecule has 3 aliphatic rings. The first-order chi connectivity index (χ1) is 16.8. The molecule has 0 bridgehead atoms. The number of benzene rings is 2. The summed E-state index contributed by atoms with van der Waals surface area (Å²) in [6, 6.07) is 10.3. The van der Waals surface area contributed by atoms with E-state index in [4.69, 9.17) is 9.47 Å². The molecule has 1 fully saturated rings. The van der Waals surface area contributed by atoms with E-state index in [-0.39, 0.29) is 49.1 Å². The van der Waals surface area contributed by atoms with E-state index in [1.54, 1.807) is 28.6 Å². The van der Waals surface area contributed by atoms with Crippen LogP contribution < -0.4 is 19.7 Å². The maximum Gasteiger partial charge on any atom is 0.243 e. The minimum Gasteiger partial charge on any atom is -0.454 e. The number of rotatable bonds is 6. The molecule has 3 heterocycles. The topological polar surface area (TPSA) is 105 Å². The first-order valence-corrected chi connectivity index (χ1v) is 13.4. The highest BCUT2D eigenvalue weighted by atomic mass is 32.2. The second-order valence-corrected chi connectivity index (χ2v) is 11.1. The predicted octanol–water partition coefficient (Wildman–Crippen LogP) is 2.57. The summed E-state index contributed by atoms with van der Waals surface area (Å²) >= 11 is 0. The van der Waals surface area contributed by atoms with Crippen molar-refractivity contribution in [3.05, 3.63) is 47.5 Å². The van der Waals surface area contributed by atoms with Gasteiger partial charge in [0.05, 0.1) is 4.90 Å². The first-order valence-electron chi connectivity index (χ1n) is 11.9. The minimum atomic E-state index is -3.61. The molecule has 5 rings (SSSR count). The number of fused-ring (bicyclic) bond motifs is 2. The van der Waals surface area contributed by atoms with Crippen molar-refractivity contribution in [2.24, 2.45) is 0 Å². The average molecular weight is 500 g/mol. The van der Waals surface area contributed by atoms with Crippen LogP contribution in [0.1, 0.15) is 43.7 Å². The number of carbonyl (C=O) groups excluding carboxylic acids is 2. The average Bonchev–Trinajstić information content (AvgIpc) is 3.32. The van der Waals surface area contributed by atoms with Gasteiger partial charge in [0.2, 0.25) is 28.6 Å². The van der Waals surface area contributed by atoms with Gasteiger partial charge in [-0.15, -0.1) is 0 Å². The van der Waals surface area contributed by atoms with E-state index in [0.717, 1.165) is 30.4 Å². The van der Waals surface area contributed by atoms with Gasteiger partial charge in [-0.1, -0.05) is 12.5 Å². The number of anilines is 1. The van der Waals surface area contributed by atoms with Crippen molar-refractivity contribution in [1.82, 2.24) is 9.62 Å². The van der Waals surface area contributed by atoms with E-state index < -0.39 is 10.0 Å². The van der Waals surface area contributed by atoms with Gasteiger partial charge in [0.25, 0.3) is 0 Å². The van der Waals surface area contributed by atoms with Gasteiger partial charge in [-0.05, 0) is 67.6 Å². The molecule has 35 heavy (non-hydrogen) atoms. The highest BCUT2D eigenvalue weighted by Crippen LogP contribution is 2.33. The van der Waals surface area contributed by atoms with Crippen molar-refractivity contribution in [1.29, 1.82) is 0 Å². The summed E-state index contributed by atoms with van der Waals surface area (Å²) < 4.78 is 38.8. The molecule has 0 aromatic heterocycles. The number of aryl methyl sites for hydroxylation is 1. The lowest BCUT2D eigenvalue weighted by Crippen LogP contribution is -2.43. The van der Waals surface area contributed by atoms with Crippen molar-refractivity contribution in [3.8, 4) is 11.5 Å². The zero-order chi connectivity index (χ0) is 24.6. The second kappa shape index (κ2) is 9.50. The number of sulfonamides is 1. The van der Waals surface area contributed by atoms with Gasteiger partial charge in [-0.3, -0.25) is 9.59 Å². The maximum atomic E-state index is 13.3. The van der Waals surface area contributed by atoms with Crippen LogP contribution in [0.3, 0.4) is 0 Å². The van der Waals surface area contributed by atoms with Crippen LogP contribution in [-0.4, -0.2) is 50.5 Å². The van der Waals surface area contributed by atoms with Gasteiger partial charge in [0.1, 0.15) is 6.54 Å². The van der Waals surface area contributed by atoms with E-state index in [9.17, 15) is 18.0 Å². The molecule has 0 radical (unpaired) electrons. The van der Waals surface area contributed by atoms with Crippen molar-refractivity contribution in [3.63, 3.8) is 0 Å². The Kier molecular flexibility index (Phi) is 6.41. The van der Waals surface area contributed by atoms with Gasteiger partial charge >= 0.3 is 0 Å². The number of nitrogens with zero attached hydrogens (tertiary/aromatic N) is 2. The molecule has 1 N–H and O–H groups in total. The standard InChI is InChI=1S/C25H29N3O6S/c1-17-4-2-3-11-28(17)35(31,32)20-7-8-21-19(13-20)6-10-25(30)27(21)15-24(29)26-14-18-5-9-22-23(12-18)34-16-33-22/h5,7-9,12-13,17H,2-4,6,10-11,14-16H2,1H3,(H,26,29)/t17-/m0/s1. The fourth-order valence-corrected chi connectivity index (χ4v) is 6.64. The number of amides is 2. The lowest BCUT2D eigenvalue weighted by atomic mass is 10.0. The molecule has 0 aliphatic carbocycles. The molecule has 10 heteroatoms. The third-order valence-corrected chi connectivity index (χ3v) is 8.84. The molecular weight excluding hydrogens is 470 g/mol. The summed E-state index contributed by atoms with van der Waals surface area (Å²) in [5, 5.41) is 2.84. The Labute approximate surface area is 205 Å². The van der Waals surface area contributed by atoms with Crippen LogP contribution in [0.5, 0.6) is 11.5 Å². The van der Waals surface area contributed by atoms with E-state index in [1.807, 2.05) is 19.1 Å². The van der Waals surface area contributed by atoms with E-state index in [2.05, 4.69) is 5.32 Å². The lowest BCUT2D eigenvalue weighted by molar-refractivity contribution is -0.124. The van der Waals surface area contributed by atoms with Gasteiger partial charge in [0.15, 0.2) is 11.5 Å². The van der Waals surface area contributed by atoms with Crippen LogP contribution in [0.2, 0.25) is 0 Å². The quantitative estimate of drug-likeness (QED) is 0.655. The summed E-state index contributed by atoms with van der Waals surface area (Å²) in [6.07, 6.45) is 3.42. The molecule has 2 aromatic carbocycles. The molecule has 1 saturated heterocycles. The summed E-state index contributed by atoms with van der Waals surface area (Å²) in [7, 11) is -3.61. The Bertz CT molecular complexity index is 1260. The highest BCUT2D eigenvalue weighted by molar-refractivity contribution is 7.89. The molecule has 0 spiro atoms. The Hall–Kier alpha value is -3.11. The summed E-state index contributed by atoms with van der Waals surface area (Å²) in [5.41, 5.74) is 2.21. The summed E-state index contributed by atoms with van der Waals surface area (Å²) in [4.78, 5) is 27.0. The highest BCUT2D eigenvalue weighted by Gasteiger charge is 2.33. The minimum absolute atomic E-state index is 0.0312. The fourth-order valence-electron chi connectivity index (χ4n) is 4.89. The molecule has 0 saturated carbocycles. The van der Waals surface area contributed by atoms with Gasteiger partial charge in [-0.2, -0.15) is 4.31 Å². The third kappa shape index (κ3) is 4.72. The van der Waals surface area contributed by atoms with E-state index in [1.165, 1.54) is 4.90 Å². The molecule has 9 nitrogen and oxygen atoms in total. The van der Waals surface area contributed by atoms with Crippen LogP contribution in [0.25, 0.3) is 0 Å². The Morgan fingerprint density at radius 3 is 2.74 bits per heavy atom.